The standard InChI is InChI=1S/C20H19NO/c22-20(13-11-16-6-2-1-3-7-16)21-15-17-10-12-18-8-4-5-9-19(18)14-17/h1-10,12,14H,11,13,15H2,(H,21,22). The Balaban J connectivity index is 1.53. The van der Waals surface area contributed by atoms with Crippen molar-refractivity contribution in [2.75, 3.05) is 0 Å². The number of amides is 1. The molecule has 0 radical (unpaired) electrons. The first kappa shape index (κ1) is 14.3. The molecule has 0 aliphatic rings. The zero-order valence-corrected chi connectivity index (χ0v) is 12.5. The largest absolute Gasteiger partial charge is 0.352 e. The van der Waals surface area contributed by atoms with Gasteiger partial charge in [-0.1, -0.05) is 66.7 Å². The highest BCUT2D eigenvalue weighted by Gasteiger charge is 2.03. The fraction of sp³-hybridized carbons (Fsp3) is 0.150. The predicted molar refractivity (Wildman–Crippen MR) is 90.6 cm³/mol. The average Bonchev–Trinajstić information content (AvgIpc) is 2.59. The Labute approximate surface area is 130 Å². The molecule has 0 heterocycles. The summed E-state index contributed by atoms with van der Waals surface area (Å²) in [6.45, 7) is 0.582. The van der Waals surface area contributed by atoms with Crippen molar-refractivity contribution in [3.63, 3.8) is 0 Å². The lowest BCUT2D eigenvalue weighted by atomic mass is 10.1. The van der Waals surface area contributed by atoms with Crippen LogP contribution in [0.5, 0.6) is 0 Å². The quantitative estimate of drug-likeness (QED) is 0.753. The SMILES string of the molecule is O=C(CCc1ccccc1)NCc1ccc2ccccc2c1. The van der Waals surface area contributed by atoms with E-state index in [1.165, 1.54) is 16.3 Å². The third kappa shape index (κ3) is 3.73. The Kier molecular flexibility index (Phi) is 4.50. The second kappa shape index (κ2) is 6.90. The molecule has 0 aromatic heterocycles. The molecule has 0 saturated heterocycles. The van der Waals surface area contributed by atoms with Crippen molar-refractivity contribution >= 4 is 16.7 Å². The van der Waals surface area contributed by atoms with E-state index in [-0.39, 0.29) is 5.91 Å². The first-order valence-electron chi connectivity index (χ1n) is 7.59. The van der Waals surface area contributed by atoms with Gasteiger partial charge in [0.25, 0.3) is 0 Å². The number of carbonyl (C=O) groups is 1. The summed E-state index contributed by atoms with van der Waals surface area (Å²) in [5, 5.41) is 5.43. The molecule has 3 aromatic carbocycles. The van der Waals surface area contributed by atoms with Crippen LogP contribution in [-0.4, -0.2) is 5.91 Å². The summed E-state index contributed by atoms with van der Waals surface area (Å²) in [7, 11) is 0. The number of fused-ring (bicyclic) bond motifs is 1. The minimum absolute atomic E-state index is 0.0945. The molecule has 2 nitrogen and oxygen atoms in total. The van der Waals surface area contributed by atoms with Crippen LogP contribution >= 0.6 is 0 Å². The molecule has 0 saturated carbocycles. The van der Waals surface area contributed by atoms with Crippen LogP contribution in [0.15, 0.2) is 72.8 Å². The lowest BCUT2D eigenvalue weighted by Crippen LogP contribution is -2.22. The maximum atomic E-state index is 11.9. The third-order valence-electron chi connectivity index (χ3n) is 3.79. The van der Waals surface area contributed by atoms with E-state index in [1.807, 2.05) is 30.3 Å². The fourth-order valence-electron chi connectivity index (χ4n) is 2.54. The summed E-state index contributed by atoms with van der Waals surface area (Å²) in [6, 6.07) is 24.7. The molecule has 1 amide bonds. The monoisotopic (exact) mass is 289 g/mol. The molecule has 0 aliphatic carbocycles. The van der Waals surface area contributed by atoms with Crippen LogP contribution in [0.3, 0.4) is 0 Å². The molecule has 22 heavy (non-hydrogen) atoms. The van der Waals surface area contributed by atoms with Gasteiger partial charge in [-0.15, -0.1) is 0 Å². The maximum absolute atomic E-state index is 11.9. The number of nitrogens with one attached hydrogen (secondary N) is 1. The van der Waals surface area contributed by atoms with E-state index >= 15 is 0 Å². The Morgan fingerprint density at radius 3 is 2.32 bits per heavy atom. The van der Waals surface area contributed by atoms with E-state index in [0.29, 0.717) is 13.0 Å². The van der Waals surface area contributed by atoms with Gasteiger partial charge >= 0.3 is 0 Å². The summed E-state index contributed by atoms with van der Waals surface area (Å²) >= 11 is 0. The Morgan fingerprint density at radius 2 is 1.50 bits per heavy atom. The van der Waals surface area contributed by atoms with Crippen LogP contribution in [-0.2, 0) is 17.8 Å². The van der Waals surface area contributed by atoms with Crippen molar-refractivity contribution in [2.45, 2.75) is 19.4 Å². The molecule has 3 aromatic rings. The minimum Gasteiger partial charge on any atom is -0.352 e. The number of hydrogen-bond donors (Lipinski definition) is 1. The summed E-state index contributed by atoms with van der Waals surface area (Å²) in [4.78, 5) is 11.9. The van der Waals surface area contributed by atoms with Gasteiger partial charge in [0, 0.05) is 13.0 Å². The topological polar surface area (TPSA) is 29.1 Å². The van der Waals surface area contributed by atoms with Gasteiger partial charge < -0.3 is 5.32 Å². The van der Waals surface area contributed by atoms with E-state index in [0.717, 1.165) is 12.0 Å². The molecule has 110 valence electrons. The molecular weight excluding hydrogens is 270 g/mol. The highest BCUT2D eigenvalue weighted by molar-refractivity contribution is 5.83. The molecule has 0 unspecified atom stereocenters. The smallest absolute Gasteiger partial charge is 0.220 e. The Bertz CT molecular complexity index is 765. The highest BCUT2D eigenvalue weighted by Crippen LogP contribution is 2.15. The molecule has 3 rings (SSSR count). The van der Waals surface area contributed by atoms with Gasteiger partial charge in [0.1, 0.15) is 0 Å². The van der Waals surface area contributed by atoms with Crippen LogP contribution in [0.2, 0.25) is 0 Å². The zero-order chi connectivity index (χ0) is 15.2. The van der Waals surface area contributed by atoms with Crippen molar-refractivity contribution in [3.8, 4) is 0 Å². The van der Waals surface area contributed by atoms with E-state index < -0.39 is 0 Å². The number of carbonyl (C=O) groups excluding carboxylic acids is 1. The zero-order valence-electron chi connectivity index (χ0n) is 12.5. The summed E-state index contributed by atoms with van der Waals surface area (Å²) in [5.41, 5.74) is 2.33. The molecular formula is C20H19NO. The molecule has 2 heteroatoms. The Morgan fingerprint density at radius 1 is 0.773 bits per heavy atom. The minimum atomic E-state index is 0.0945. The fourth-order valence-corrected chi connectivity index (χ4v) is 2.54. The first-order chi connectivity index (χ1) is 10.8. The molecule has 1 N–H and O–H groups in total. The van der Waals surface area contributed by atoms with Gasteiger partial charge in [-0.3, -0.25) is 4.79 Å². The van der Waals surface area contributed by atoms with Gasteiger partial charge in [-0.2, -0.15) is 0 Å². The number of hydrogen-bond acceptors (Lipinski definition) is 1. The number of aryl methyl sites for hydroxylation is 1. The lowest BCUT2D eigenvalue weighted by Gasteiger charge is -2.07. The molecule has 0 spiro atoms. The van der Waals surface area contributed by atoms with Gasteiger partial charge in [0.05, 0.1) is 0 Å². The summed E-state index contributed by atoms with van der Waals surface area (Å²) in [6.07, 6.45) is 1.31. The van der Waals surface area contributed by atoms with E-state index in [2.05, 4.69) is 47.8 Å². The van der Waals surface area contributed by atoms with Gasteiger partial charge in [-0.05, 0) is 34.4 Å². The first-order valence-corrected chi connectivity index (χ1v) is 7.59. The van der Waals surface area contributed by atoms with Gasteiger partial charge in [0.15, 0.2) is 0 Å². The maximum Gasteiger partial charge on any atom is 0.220 e. The van der Waals surface area contributed by atoms with Crippen molar-refractivity contribution in [1.29, 1.82) is 0 Å². The van der Waals surface area contributed by atoms with E-state index in [4.69, 9.17) is 0 Å². The Hall–Kier alpha value is -2.61. The van der Waals surface area contributed by atoms with E-state index in [9.17, 15) is 4.79 Å². The molecule has 0 bridgehead atoms. The van der Waals surface area contributed by atoms with Crippen molar-refractivity contribution < 1.29 is 4.79 Å². The van der Waals surface area contributed by atoms with Crippen LogP contribution in [0.1, 0.15) is 17.5 Å². The van der Waals surface area contributed by atoms with Crippen LogP contribution < -0.4 is 5.32 Å². The molecule has 0 aliphatic heterocycles. The molecule has 0 atom stereocenters. The average molecular weight is 289 g/mol. The number of rotatable bonds is 5. The summed E-state index contributed by atoms with van der Waals surface area (Å²) < 4.78 is 0. The predicted octanol–water partition coefficient (Wildman–Crippen LogP) is 4.09. The van der Waals surface area contributed by atoms with Crippen LogP contribution in [0.4, 0.5) is 0 Å². The second-order valence-corrected chi connectivity index (χ2v) is 5.44. The van der Waals surface area contributed by atoms with Crippen LogP contribution in [0.25, 0.3) is 10.8 Å². The second-order valence-electron chi connectivity index (χ2n) is 5.44. The van der Waals surface area contributed by atoms with Crippen molar-refractivity contribution in [1.82, 2.24) is 5.32 Å². The van der Waals surface area contributed by atoms with Crippen molar-refractivity contribution in [2.24, 2.45) is 0 Å². The highest BCUT2D eigenvalue weighted by atomic mass is 16.1. The third-order valence-corrected chi connectivity index (χ3v) is 3.79. The van der Waals surface area contributed by atoms with Crippen LogP contribution in [0, 0.1) is 0 Å². The molecule has 0 fully saturated rings. The van der Waals surface area contributed by atoms with Gasteiger partial charge in [0.2, 0.25) is 5.91 Å². The normalized spacial score (nSPS) is 10.5. The van der Waals surface area contributed by atoms with E-state index in [1.54, 1.807) is 0 Å². The van der Waals surface area contributed by atoms with Gasteiger partial charge in [-0.25, -0.2) is 0 Å². The van der Waals surface area contributed by atoms with Crippen molar-refractivity contribution in [3.05, 3.63) is 83.9 Å². The lowest BCUT2D eigenvalue weighted by molar-refractivity contribution is -0.121. The number of benzene rings is 3. The summed E-state index contributed by atoms with van der Waals surface area (Å²) in [5.74, 6) is 0.0945.